The number of nitrogens with one attached hydrogen (secondary N) is 1. The molecule has 0 bridgehead atoms. The van der Waals surface area contributed by atoms with Crippen molar-refractivity contribution in [1.82, 2.24) is 14.8 Å². The molecule has 2 heterocycles. The van der Waals surface area contributed by atoms with Crippen molar-refractivity contribution in [3.05, 3.63) is 99.5 Å². The maximum Gasteiger partial charge on any atom is 0.420 e. The zero-order valence-corrected chi connectivity index (χ0v) is 23.0. The Bertz CT molecular complexity index is 1660. The van der Waals surface area contributed by atoms with Crippen LogP contribution in [0.25, 0.3) is 11.1 Å². The van der Waals surface area contributed by atoms with E-state index in [0.717, 1.165) is 42.6 Å². The molecule has 6 rings (SSSR count). The quantitative estimate of drug-likeness (QED) is 0.299. The number of rotatable bonds is 9. The van der Waals surface area contributed by atoms with Gasteiger partial charge in [-0.1, -0.05) is 30.3 Å². The Morgan fingerprint density at radius 2 is 1.83 bits per heavy atom. The van der Waals surface area contributed by atoms with Crippen LogP contribution >= 0.6 is 0 Å². The minimum atomic E-state index is -0.697. The molecule has 212 valence electrons. The highest BCUT2D eigenvalue weighted by molar-refractivity contribution is 5.93. The molecular formula is C32H33N3O6. The van der Waals surface area contributed by atoms with Crippen LogP contribution in [-0.2, 0) is 21.5 Å². The zero-order valence-electron chi connectivity index (χ0n) is 23.0. The highest BCUT2D eigenvalue weighted by Gasteiger charge is 2.52. The van der Waals surface area contributed by atoms with Crippen LogP contribution in [0.4, 0.5) is 0 Å². The summed E-state index contributed by atoms with van der Waals surface area (Å²) in [6.45, 7) is 2.87. The molecule has 3 aromatic carbocycles. The third-order valence-electron chi connectivity index (χ3n) is 8.31. The smallest absolute Gasteiger partial charge is 0.420 e. The standard InChI is InChI=1S/C32H33N3O6/c1-40-29(37)23-8-4-6-21(16-23)19-35-27-18-24(10-11-28(27)41-31(35)39)32(12-13-32)30(38)33-26(20-34-14-2-3-15-34)22-7-5-9-25(36)17-22/h4-11,16-18,26,36H,2-3,12-15,19-20H2,1H3,(H,33,38)/t26-/m1/s1. The molecule has 0 spiro atoms. The minimum absolute atomic E-state index is 0.0624. The third-order valence-corrected chi connectivity index (χ3v) is 8.31. The second kappa shape index (κ2) is 10.9. The van der Waals surface area contributed by atoms with Gasteiger partial charge in [0, 0.05) is 6.54 Å². The second-order valence-corrected chi connectivity index (χ2v) is 11.0. The Morgan fingerprint density at radius 1 is 1.05 bits per heavy atom. The van der Waals surface area contributed by atoms with Gasteiger partial charge in [0.15, 0.2) is 5.58 Å². The number of carbonyl (C=O) groups excluding carboxylic acids is 2. The molecule has 2 fully saturated rings. The van der Waals surface area contributed by atoms with Crippen molar-refractivity contribution in [2.75, 3.05) is 26.7 Å². The highest BCUT2D eigenvalue weighted by atomic mass is 16.5. The number of methoxy groups -OCH3 is 1. The van der Waals surface area contributed by atoms with Crippen molar-refractivity contribution < 1.29 is 23.8 Å². The highest BCUT2D eigenvalue weighted by Crippen LogP contribution is 2.49. The maximum atomic E-state index is 13.9. The Labute approximate surface area is 237 Å². The zero-order chi connectivity index (χ0) is 28.6. The molecule has 1 amide bonds. The van der Waals surface area contributed by atoms with E-state index in [4.69, 9.17) is 9.15 Å². The van der Waals surface area contributed by atoms with E-state index in [2.05, 4.69) is 10.2 Å². The Balaban J connectivity index is 1.28. The summed E-state index contributed by atoms with van der Waals surface area (Å²) in [4.78, 5) is 41.1. The van der Waals surface area contributed by atoms with E-state index < -0.39 is 17.1 Å². The summed E-state index contributed by atoms with van der Waals surface area (Å²) in [6, 6.07) is 19.2. The van der Waals surface area contributed by atoms with Crippen LogP contribution in [0.5, 0.6) is 5.75 Å². The number of oxazole rings is 1. The molecule has 9 nitrogen and oxygen atoms in total. The number of aromatic nitrogens is 1. The average Bonchev–Trinajstić information content (AvgIpc) is 3.53. The number of hydrogen-bond donors (Lipinski definition) is 2. The van der Waals surface area contributed by atoms with E-state index >= 15 is 0 Å². The molecule has 2 N–H and O–H groups in total. The van der Waals surface area contributed by atoms with Crippen molar-refractivity contribution in [1.29, 1.82) is 0 Å². The van der Waals surface area contributed by atoms with E-state index in [-0.39, 0.29) is 24.2 Å². The van der Waals surface area contributed by atoms with E-state index in [9.17, 15) is 19.5 Å². The fourth-order valence-corrected chi connectivity index (χ4v) is 5.87. The summed E-state index contributed by atoms with van der Waals surface area (Å²) in [6.07, 6.45) is 3.68. The van der Waals surface area contributed by atoms with Gasteiger partial charge in [0.25, 0.3) is 0 Å². The predicted octanol–water partition coefficient (Wildman–Crippen LogP) is 4.12. The average molecular weight is 556 g/mol. The molecule has 1 aliphatic carbocycles. The minimum Gasteiger partial charge on any atom is -0.508 e. The fraction of sp³-hybridized carbons (Fsp3) is 0.344. The first-order valence-corrected chi connectivity index (χ1v) is 14.0. The van der Waals surface area contributed by atoms with Gasteiger partial charge in [0.05, 0.1) is 36.2 Å². The van der Waals surface area contributed by atoms with Gasteiger partial charge in [-0.2, -0.15) is 0 Å². The largest absolute Gasteiger partial charge is 0.508 e. The normalized spacial score (nSPS) is 16.9. The van der Waals surface area contributed by atoms with E-state index in [1.54, 1.807) is 42.5 Å². The number of aromatic hydroxyl groups is 1. The van der Waals surface area contributed by atoms with Crippen molar-refractivity contribution in [2.45, 2.75) is 43.7 Å². The number of benzene rings is 3. The van der Waals surface area contributed by atoms with Crippen LogP contribution in [0.15, 0.2) is 75.9 Å². The number of esters is 1. The number of phenols is 1. The molecule has 0 radical (unpaired) electrons. The van der Waals surface area contributed by atoms with Crippen molar-refractivity contribution >= 4 is 23.0 Å². The number of ether oxygens (including phenoxy) is 1. The summed E-state index contributed by atoms with van der Waals surface area (Å²) in [5, 5.41) is 13.4. The summed E-state index contributed by atoms with van der Waals surface area (Å²) in [5.74, 6) is -0.851. The Kier molecular flexibility index (Phi) is 7.13. The fourth-order valence-electron chi connectivity index (χ4n) is 5.87. The molecule has 41 heavy (non-hydrogen) atoms. The third kappa shape index (κ3) is 5.37. The number of likely N-dealkylation sites (tertiary alicyclic amines) is 1. The first-order chi connectivity index (χ1) is 19.9. The lowest BCUT2D eigenvalue weighted by Gasteiger charge is -2.27. The van der Waals surface area contributed by atoms with Crippen LogP contribution < -0.4 is 11.1 Å². The number of nitrogens with zero attached hydrogens (tertiary/aromatic N) is 2. The van der Waals surface area contributed by atoms with Crippen LogP contribution in [0.2, 0.25) is 0 Å². The number of amides is 1. The molecule has 1 aromatic heterocycles. The lowest BCUT2D eigenvalue weighted by Crippen LogP contribution is -2.41. The number of fused-ring (bicyclic) bond motifs is 1. The van der Waals surface area contributed by atoms with Crippen molar-refractivity contribution in [3.8, 4) is 5.75 Å². The van der Waals surface area contributed by atoms with E-state index in [1.165, 1.54) is 11.7 Å². The molecule has 1 saturated carbocycles. The van der Waals surface area contributed by atoms with Crippen LogP contribution in [-0.4, -0.2) is 53.2 Å². The molecule has 1 atom stereocenters. The van der Waals surface area contributed by atoms with Gasteiger partial charge in [-0.25, -0.2) is 9.59 Å². The molecule has 0 unspecified atom stereocenters. The molecule has 4 aromatic rings. The van der Waals surface area contributed by atoms with Gasteiger partial charge in [0.2, 0.25) is 5.91 Å². The Morgan fingerprint density at radius 3 is 2.56 bits per heavy atom. The Hall–Kier alpha value is -4.37. The summed E-state index contributed by atoms with van der Waals surface area (Å²) in [7, 11) is 1.33. The lowest BCUT2D eigenvalue weighted by molar-refractivity contribution is -0.124. The van der Waals surface area contributed by atoms with Gasteiger partial charge < -0.3 is 24.5 Å². The van der Waals surface area contributed by atoms with Crippen LogP contribution in [0, 0.1) is 0 Å². The summed E-state index contributed by atoms with van der Waals surface area (Å²) < 4.78 is 11.9. The monoisotopic (exact) mass is 555 g/mol. The van der Waals surface area contributed by atoms with E-state index in [0.29, 0.717) is 36.0 Å². The predicted molar refractivity (Wildman–Crippen MR) is 153 cm³/mol. The van der Waals surface area contributed by atoms with Gasteiger partial charge in [0.1, 0.15) is 5.75 Å². The molecule has 9 heteroatoms. The van der Waals surface area contributed by atoms with Crippen LogP contribution in [0.3, 0.4) is 0 Å². The molecular weight excluding hydrogens is 522 g/mol. The van der Waals surface area contributed by atoms with E-state index in [1.807, 2.05) is 24.3 Å². The van der Waals surface area contributed by atoms with Gasteiger partial charge in [-0.3, -0.25) is 9.36 Å². The van der Waals surface area contributed by atoms with Gasteiger partial charge in [-0.05, 0) is 91.9 Å². The first kappa shape index (κ1) is 26.8. The van der Waals surface area contributed by atoms with Gasteiger partial charge >= 0.3 is 11.7 Å². The van der Waals surface area contributed by atoms with Gasteiger partial charge in [-0.15, -0.1) is 0 Å². The summed E-state index contributed by atoms with van der Waals surface area (Å²) in [5.41, 5.74) is 3.18. The molecule has 1 aliphatic heterocycles. The SMILES string of the molecule is COC(=O)c1cccc(Cn2c(=O)oc3ccc(C4(C(=O)N[C@H](CN5CCCC5)c5cccc(O)c5)CC4)cc32)c1. The first-order valence-electron chi connectivity index (χ1n) is 14.0. The number of carbonyl (C=O) groups is 2. The van der Waals surface area contributed by atoms with Crippen molar-refractivity contribution in [3.63, 3.8) is 0 Å². The lowest BCUT2D eigenvalue weighted by atomic mass is 9.93. The van der Waals surface area contributed by atoms with Crippen LogP contribution in [0.1, 0.15) is 58.8 Å². The van der Waals surface area contributed by atoms with Crippen molar-refractivity contribution in [2.24, 2.45) is 0 Å². The topological polar surface area (TPSA) is 114 Å². The summed E-state index contributed by atoms with van der Waals surface area (Å²) >= 11 is 0. The maximum absolute atomic E-state index is 13.9. The second-order valence-electron chi connectivity index (χ2n) is 11.0. The number of hydrogen-bond acceptors (Lipinski definition) is 7. The molecule has 2 aliphatic rings. The molecule has 1 saturated heterocycles. The number of phenolic OH excluding ortho intramolecular Hbond substituents is 1.